The van der Waals surface area contributed by atoms with Gasteiger partial charge in [-0.2, -0.15) is 0 Å². The maximum atomic E-state index is 13.1. The van der Waals surface area contributed by atoms with E-state index in [2.05, 4.69) is 21.2 Å². The molecule has 124 valence electrons. The fraction of sp³-hybridized carbons (Fsp3) is 0.412. The van der Waals surface area contributed by atoms with E-state index < -0.39 is 11.6 Å². The summed E-state index contributed by atoms with van der Waals surface area (Å²) in [6, 6.07) is 5.74. The number of rotatable bonds is 4. The first-order chi connectivity index (χ1) is 10.7. The van der Waals surface area contributed by atoms with Gasteiger partial charge in [0, 0.05) is 11.1 Å². The van der Waals surface area contributed by atoms with E-state index in [1.807, 2.05) is 20.8 Å². The van der Waals surface area contributed by atoms with Crippen molar-refractivity contribution in [2.24, 2.45) is 0 Å². The molecule has 1 amide bonds. The van der Waals surface area contributed by atoms with Gasteiger partial charge in [0.1, 0.15) is 11.9 Å². The molecule has 1 unspecified atom stereocenters. The van der Waals surface area contributed by atoms with E-state index >= 15 is 0 Å². The van der Waals surface area contributed by atoms with Crippen molar-refractivity contribution in [3.05, 3.63) is 46.8 Å². The molecule has 0 aliphatic carbocycles. The maximum Gasteiger partial charge on any atom is 0.251 e. The van der Waals surface area contributed by atoms with Gasteiger partial charge in [-0.15, -0.1) is 0 Å². The number of Topliss-reactive ketones (excluding diaryl/α,β-unsaturated/α-hetero) is 1. The molecule has 0 saturated carbocycles. The summed E-state index contributed by atoms with van der Waals surface area (Å²) in [4.78, 5) is 24.8. The third kappa shape index (κ3) is 4.26. The molecule has 1 aliphatic heterocycles. The van der Waals surface area contributed by atoms with Gasteiger partial charge in [-0.3, -0.25) is 9.59 Å². The predicted molar refractivity (Wildman–Crippen MR) is 88.8 cm³/mol. The number of benzene rings is 1. The summed E-state index contributed by atoms with van der Waals surface area (Å²) in [5, 5.41) is 2.98. The number of amides is 1. The van der Waals surface area contributed by atoms with E-state index in [0.29, 0.717) is 16.7 Å². The minimum absolute atomic E-state index is 0.0688. The van der Waals surface area contributed by atoms with Crippen LogP contribution < -0.4 is 5.32 Å². The molecule has 1 aliphatic rings. The standard InChI is InChI=1S/C17H19BrFNO3/c1-17(2,3)20-16(22)14-12(13(21)8-18)9-23-15(14)10-4-6-11(19)7-5-10/h4-7,15H,8-9H2,1-3H3,(H,20,22). The van der Waals surface area contributed by atoms with Crippen molar-refractivity contribution in [1.82, 2.24) is 5.32 Å². The Bertz CT molecular complexity index is 647. The number of nitrogens with one attached hydrogen (secondary N) is 1. The Morgan fingerprint density at radius 2 is 1.91 bits per heavy atom. The second kappa shape index (κ2) is 6.93. The third-order valence-electron chi connectivity index (χ3n) is 3.35. The molecule has 1 aromatic carbocycles. The predicted octanol–water partition coefficient (Wildman–Crippen LogP) is 3.07. The Labute approximate surface area is 143 Å². The first-order valence-electron chi connectivity index (χ1n) is 7.24. The van der Waals surface area contributed by atoms with Crippen molar-refractivity contribution in [2.75, 3.05) is 11.9 Å². The van der Waals surface area contributed by atoms with Crippen LogP contribution >= 0.6 is 15.9 Å². The molecule has 2 rings (SSSR count). The molecular formula is C17H19BrFNO3. The quantitative estimate of drug-likeness (QED) is 0.812. The lowest BCUT2D eigenvalue weighted by atomic mass is 9.96. The lowest BCUT2D eigenvalue weighted by molar-refractivity contribution is -0.120. The SMILES string of the molecule is CC(C)(C)NC(=O)C1=C(C(=O)CBr)COC1c1ccc(F)cc1. The first kappa shape index (κ1) is 17.8. The van der Waals surface area contributed by atoms with Gasteiger partial charge in [-0.1, -0.05) is 28.1 Å². The van der Waals surface area contributed by atoms with E-state index in [0.717, 1.165) is 0 Å². The minimum atomic E-state index is -0.670. The summed E-state index contributed by atoms with van der Waals surface area (Å²) in [7, 11) is 0. The van der Waals surface area contributed by atoms with Crippen LogP contribution in [0, 0.1) is 5.82 Å². The smallest absolute Gasteiger partial charge is 0.251 e. The zero-order valence-corrected chi connectivity index (χ0v) is 14.9. The number of carbonyl (C=O) groups excluding carboxylic acids is 2. The minimum Gasteiger partial charge on any atom is -0.364 e. The van der Waals surface area contributed by atoms with Crippen molar-refractivity contribution in [2.45, 2.75) is 32.4 Å². The molecule has 0 fully saturated rings. The molecular weight excluding hydrogens is 365 g/mol. The van der Waals surface area contributed by atoms with Crippen molar-refractivity contribution in [3.8, 4) is 0 Å². The number of ketones is 1. The highest BCUT2D eigenvalue weighted by Crippen LogP contribution is 2.35. The van der Waals surface area contributed by atoms with Gasteiger partial charge in [0.2, 0.25) is 0 Å². The van der Waals surface area contributed by atoms with E-state index in [9.17, 15) is 14.0 Å². The topological polar surface area (TPSA) is 55.4 Å². The summed E-state index contributed by atoms with van der Waals surface area (Å²) in [6.07, 6.45) is -0.670. The van der Waals surface area contributed by atoms with Crippen LogP contribution in [-0.4, -0.2) is 29.2 Å². The average molecular weight is 384 g/mol. The van der Waals surface area contributed by atoms with Gasteiger partial charge in [-0.25, -0.2) is 4.39 Å². The van der Waals surface area contributed by atoms with Crippen LogP contribution in [0.15, 0.2) is 35.4 Å². The van der Waals surface area contributed by atoms with Crippen LogP contribution in [0.2, 0.25) is 0 Å². The molecule has 0 aromatic heterocycles. The lowest BCUT2D eigenvalue weighted by Gasteiger charge is -2.23. The molecule has 0 saturated heterocycles. The van der Waals surface area contributed by atoms with Crippen molar-refractivity contribution in [1.29, 1.82) is 0 Å². The summed E-state index contributed by atoms with van der Waals surface area (Å²) in [5.74, 6) is -0.893. The highest BCUT2D eigenvalue weighted by Gasteiger charge is 2.36. The summed E-state index contributed by atoms with van der Waals surface area (Å²) in [5.41, 5.74) is 0.861. The Balaban J connectivity index is 2.42. The molecule has 0 radical (unpaired) electrons. The van der Waals surface area contributed by atoms with E-state index in [-0.39, 0.29) is 29.4 Å². The Kier molecular flexibility index (Phi) is 5.37. The lowest BCUT2D eigenvalue weighted by Crippen LogP contribution is -2.42. The van der Waals surface area contributed by atoms with Gasteiger partial charge >= 0.3 is 0 Å². The number of carbonyl (C=O) groups is 2. The molecule has 1 atom stereocenters. The second-order valence-corrected chi connectivity index (χ2v) is 6.96. The third-order valence-corrected chi connectivity index (χ3v) is 3.85. The Morgan fingerprint density at radius 3 is 2.43 bits per heavy atom. The van der Waals surface area contributed by atoms with Gasteiger partial charge in [0.05, 0.1) is 17.5 Å². The fourth-order valence-corrected chi connectivity index (χ4v) is 2.70. The van der Waals surface area contributed by atoms with Crippen LogP contribution in [0.1, 0.15) is 32.4 Å². The normalized spacial score (nSPS) is 18.2. The first-order valence-corrected chi connectivity index (χ1v) is 8.37. The van der Waals surface area contributed by atoms with Crippen molar-refractivity contribution < 1.29 is 18.7 Å². The molecule has 23 heavy (non-hydrogen) atoms. The molecule has 1 aromatic rings. The number of hydrogen-bond acceptors (Lipinski definition) is 3. The number of hydrogen-bond donors (Lipinski definition) is 1. The van der Waals surface area contributed by atoms with Crippen LogP contribution in [-0.2, 0) is 14.3 Å². The highest BCUT2D eigenvalue weighted by molar-refractivity contribution is 9.09. The van der Waals surface area contributed by atoms with E-state index in [4.69, 9.17) is 4.74 Å². The molecule has 0 spiro atoms. The molecule has 6 heteroatoms. The van der Waals surface area contributed by atoms with E-state index in [1.54, 1.807) is 12.1 Å². The monoisotopic (exact) mass is 383 g/mol. The molecule has 4 nitrogen and oxygen atoms in total. The van der Waals surface area contributed by atoms with Crippen LogP contribution in [0.5, 0.6) is 0 Å². The maximum absolute atomic E-state index is 13.1. The fourth-order valence-electron chi connectivity index (χ4n) is 2.36. The summed E-state index contributed by atoms with van der Waals surface area (Å²) >= 11 is 3.13. The van der Waals surface area contributed by atoms with Crippen LogP contribution in [0.25, 0.3) is 0 Å². The van der Waals surface area contributed by atoms with Crippen LogP contribution in [0.3, 0.4) is 0 Å². The number of ether oxygens (including phenoxy) is 1. The molecule has 1 N–H and O–H groups in total. The summed E-state index contributed by atoms with van der Waals surface area (Å²) in [6.45, 7) is 5.65. The second-order valence-electron chi connectivity index (χ2n) is 6.40. The number of alkyl halides is 1. The Morgan fingerprint density at radius 1 is 1.30 bits per heavy atom. The number of halogens is 2. The highest BCUT2D eigenvalue weighted by atomic mass is 79.9. The van der Waals surface area contributed by atoms with Gasteiger partial charge in [0.15, 0.2) is 5.78 Å². The van der Waals surface area contributed by atoms with Crippen molar-refractivity contribution in [3.63, 3.8) is 0 Å². The van der Waals surface area contributed by atoms with Gasteiger partial charge < -0.3 is 10.1 Å². The largest absolute Gasteiger partial charge is 0.364 e. The molecule has 1 heterocycles. The Hall–Kier alpha value is -1.53. The molecule has 0 bridgehead atoms. The average Bonchev–Trinajstić information content (AvgIpc) is 2.90. The zero-order valence-electron chi connectivity index (χ0n) is 13.3. The van der Waals surface area contributed by atoms with Crippen LogP contribution in [0.4, 0.5) is 4.39 Å². The zero-order chi connectivity index (χ0) is 17.2. The van der Waals surface area contributed by atoms with Gasteiger partial charge in [0.25, 0.3) is 5.91 Å². The van der Waals surface area contributed by atoms with Gasteiger partial charge in [-0.05, 0) is 38.5 Å². The van der Waals surface area contributed by atoms with Crippen molar-refractivity contribution >= 4 is 27.6 Å². The van der Waals surface area contributed by atoms with E-state index in [1.165, 1.54) is 12.1 Å². The summed E-state index contributed by atoms with van der Waals surface area (Å²) < 4.78 is 18.8.